The van der Waals surface area contributed by atoms with Gasteiger partial charge in [0, 0.05) is 16.5 Å². The van der Waals surface area contributed by atoms with E-state index in [1.54, 1.807) is 0 Å². The monoisotopic (exact) mass is 827 g/mol. The normalized spacial score (nSPS) is 11.5. The number of hydrogen-bond acceptors (Lipinski definition) is 0. The summed E-state index contributed by atoms with van der Waals surface area (Å²) in [5, 5.41) is 7.53. The maximum Gasteiger partial charge on any atom is 0.0541 e. The molecule has 0 saturated carbocycles. The summed E-state index contributed by atoms with van der Waals surface area (Å²) in [5.41, 5.74) is 20.8. The van der Waals surface area contributed by atoms with E-state index in [-0.39, 0.29) is 0 Å². The van der Waals surface area contributed by atoms with Gasteiger partial charge in [0.25, 0.3) is 0 Å². The van der Waals surface area contributed by atoms with Gasteiger partial charge in [-0.3, -0.25) is 0 Å². The Hall–Kier alpha value is -8.26. The second kappa shape index (κ2) is 15.8. The topological polar surface area (TPSA) is 4.93 Å². The first kappa shape index (κ1) is 38.4. The lowest BCUT2D eigenvalue weighted by Gasteiger charge is -2.21. The molecule has 0 atom stereocenters. The summed E-state index contributed by atoms with van der Waals surface area (Å²) in [5.74, 6) is 0. The van der Waals surface area contributed by atoms with Gasteiger partial charge >= 0.3 is 0 Å². The van der Waals surface area contributed by atoms with Gasteiger partial charge in [-0.1, -0.05) is 200 Å². The van der Waals surface area contributed by atoms with Crippen molar-refractivity contribution >= 4 is 43.4 Å². The Kier molecular flexibility index (Phi) is 9.35. The largest absolute Gasteiger partial charge is 0.309 e. The Morgan fingerprint density at radius 3 is 1.06 bits per heavy atom. The average molecular weight is 828 g/mol. The molecule has 1 nitrogen and oxygen atoms in total. The van der Waals surface area contributed by atoms with E-state index in [1.165, 1.54) is 127 Å². The van der Waals surface area contributed by atoms with E-state index in [9.17, 15) is 0 Å². The summed E-state index contributed by atoms with van der Waals surface area (Å²) in [7, 11) is 0. The van der Waals surface area contributed by atoms with Gasteiger partial charge in [-0.25, -0.2) is 0 Å². The minimum absolute atomic E-state index is 1.19. The maximum absolute atomic E-state index is 2.51. The number of fused-ring (bicyclic) bond motifs is 5. The van der Waals surface area contributed by atoms with Crippen molar-refractivity contribution in [2.45, 2.75) is 13.8 Å². The van der Waals surface area contributed by atoms with Crippen LogP contribution in [0.5, 0.6) is 0 Å². The van der Waals surface area contributed by atoms with Crippen LogP contribution in [-0.2, 0) is 0 Å². The molecule has 0 unspecified atom stereocenters. The maximum atomic E-state index is 2.51. The van der Waals surface area contributed by atoms with Gasteiger partial charge in [0.2, 0.25) is 0 Å². The van der Waals surface area contributed by atoms with E-state index in [0.717, 1.165) is 0 Å². The number of aryl methyl sites for hydroxylation is 2. The summed E-state index contributed by atoms with van der Waals surface area (Å²) >= 11 is 0. The van der Waals surface area contributed by atoms with Crippen molar-refractivity contribution in [1.82, 2.24) is 4.57 Å². The van der Waals surface area contributed by atoms with Crippen LogP contribution in [0.25, 0.3) is 116 Å². The van der Waals surface area contributed by atoms with Crippen LogP contribution in [0.1, 0.15) is 11.1 Å². The van der Waals surface area contributed by atoms with E-state index in [1.807, 2.05) is 0 Å². The van der Waals surface area contributed by atoms with Gasteiger partial charge < -0.3 is 4.57 Å². The molecule has 0 aliphatic heterocycles. The highest BCUT2D eigenvalue weighted by Gasteiger charge is 2.22. The fraction of sp³-hybridized carbons (Fsp3) is 0.0312. The molecular weight excluding hydrogens is 783 g/mol. The molecule has 0 aliphatic rings. The third kappa shape index (κ3) is 6.47. The standard InChI is InChI=1S/C64H45N/c1-42-39-62(43(2)38-57(42)64-55-32-18-16-30-53(55)63(46-24-10-5-11-25-46)54-31-17-19-33-56(54)64)65-60-36-34-47(51-28-14-12-26-49(51)44-20-6-3-7-21-44)40-58(60)59-41-48(35-37-61(59)65)52-29-15-13-27-50(52)45-22-8-4-9-23-45/h3-41H,1-2H3. The molecule has 12 rings (SSSR count). The van der Waals surface area contributed by atoms with E-state index in [0.29, 0.717) is 0 Å². The Balaban J connectivity index is 1.09. The third-order valence-electron chi connectivity index (χ3n) is 13.5. The molecule has 1 aromatic heterocycles. The van der Waals surface area contributed by atoms with Crippen molar-refractivity contribution in [3.63, 3.8) is 0 Å². The Labute approximate surface area is 380 Å². The van der Waals surface area contributed by atoms with Crippen molar-refractivity contribution < 1.29 is 0 Å². The molecule has 0 saturated heterocycles. The summed E-state index contributed by atoms with van der Waals surface area (Å²) < 4.78 is 2.51. The van der Waals surface area contributed by atoms with E-state index < -0.39 is 0 Å². The molecule has 0 aliphatic carbocycles. The highest BCUT2D eigenvalue weighted by molar-refractivity contribution is 6.22. The van der Waals surface area contributed by atoms with Crippen molar-refractivity contribution in [1.29, 1.82) is 0 Å². The zero-order valence-corrected chi connectivity index (χ0v) is 36.5. The first-order valence-electron chi connectivity index (χ1n) is 22.6. The van der Waals surface area contributed by atoms with Crippen molar-refractivity contribution in [3.05, 3.63) is 248 Å². The van der Waals surface area contributed by atoms with Crippen LogP contribution < -0.4 is 0 Å². The molecule has 11 aromatic carbocycles. The summed E-state index contributed by atoms with van der Waals surface area (Å²) in [6.07, 6.45) is 0. The zero-order valence-electron chi connectivity index (χ0n) is 36.5. The summed E-state index contributed by atoms with van der Waals surface area (Å²) in [6.45, 7) is 4.58. The molecule has 0 radical (unpaired) electrons. The molecule has 1 heteroatoms. The van der Waals surface area contributed by atoms with E-state index in [4.69, 9.17) is 0 Å². The average Bonchev–Trinajstić information content (AvgIpc) is 3.69. The number of benzene rings is 11. The van der Waals surface area contributed by atoms with Gasteiger partial charge in [0.1, 0.15) is 0 Å². The van der Waals surface area contributed by atoms with Crippen LogP contribution in [0.3, 0.4) is 0 Å². The third-order valence-corrected chi connectivity index (χ3v) is 13.5. The predicted molar refractivity (Wildman–Crippen MR) is 278 cm³/mol. The SMILES string of the molecule is Cc1cc(-n2c3ccc(-c4ccccc4-c4ccccc4)cc3c3cc(-c4ccccc4-c4ccccc4)ccc32)c(C)cc1-c1c2ccccc2c(-c2ccccc2)c2ccccc12. The smallest absolute Gasteiger partial charge is 0.0541 e. The Morgan fingerprint density at radius 2 is 0.615 bits per heavy atom. The van der Waals surface area contributed by atoms with Gasteiger partial charge in [0.05, 0.1) is 11.0 Å². The first-order valence-corrected chi connectivity index (χ1v) is 22.6. The zero-order chi connectivity index (χ0) is 43.4. The predicted octanol–water partition coefficient (Wildman–Crippen LogP) is 17.7. The summed E-state index contributed by atoms with van der Waals surface area (Å²) in [6, 6.07) is 86.9. The molecule has 12 aromatic rings. The molecule has 0 spiro atoms. The van der Waals surface area contributed by atoms with E-state index in [2.05, 4.69) is 255 Å². The lowest BCUT2D eigenvalue weighted by atomic mass is 9.84. The Morgan fingerprint density at radius 1 is 0.246 bits per heavy atom. The van der Waals surface area contributed by atoms with E-state index >= 15 is 0 Å². The molecule has 0 N–H and O–H groups in total. The van der Waals surface area contributed by atoms with Crippen molar-refractivity contribution in [2.75, 3.05) is 0 Å². The quantitative estimate of drug-likeness (QED) is 0.141. The Bertz CT molecular complexity index is 3570. The fourth-order valence-corrected chi connectivity index (χ4v) is 10.5. The van der Waals surface area contributed by atoms with Gasteiger partial charge in [-0.15, -0.1) is 0 Å². The van der Waals surface area contributed by atoms with Crippen LogP contribution in [0.15, 0.2) is 237 Å². The van der Waals surface area contributed by atoms with Gasteiger partial charge in [0.15, 0.2) is 0 Å². The number of rotatable bonds is 7. The van der Waals surface area contributed by atoms with Crippen LogP contribution in [-0.4, -0.2) is 4.57 Å². The molecular formula is C64H45N. The number of aromatic nitrogens is 1. The second-order valence-corrected chi connectivity index (χ2v) is 17.3. The number of hydrogen-bond donors (Lipinski definition) is 0. The molecule has 0 amide bonds. The summed E-state index contributed by atoms with van der Waals surface area (Å²) in [4.78, 5) is 0. The minimum Gasteiger partial charge on any atom is -0.309 e. The highest BCUT2D eigenvalue weighted by Crippen LogP contribution is 2.46. The van der Waals surface area contributed by atoms with Crippen molar-refractivity contribution in [2.24, 2.45) is 0 Å². The fourth-order valence-electron chi connectivity index (χ4n) is 10.5. The number of nitrogens with zero attached hydrogens (tertiary/aromatic N) is 1. The van der Waals surface area contributed by atoms with Crippen LogP contribution in [0.4, 0.5) is 0 Å². The van der Waals surface area contributed by atoms with Gasteiger partial charge in [-0.05, 0) is 150 Å². The molecule has 65 heavy (non-hydrogen) atoms. The van der Waals surface area contributed by atoms with Gasteiger partial charge in [-0.2, -0.15) is 0 Å². The van der Waals surface area contributed by atoms with Crippen LogP contribution in [0, 0.1) is 13.8 Å². The van der Waals surface area contributed by atoms with Crippen LogP contribution in [0.2, 0.25) is 0 Å². The molecule has 0 fully saturated rings. The second-order valence-electron chi connectivity index (χ2n) is 17.3. The minimum atomic E-state index is 1.19. The highest BCUT2D eigenvalue weighted by atomic mass is 15.0. The first-order chi connectivity index (χ1) is 32.1. The van der Waals surface area contributed by atoms with Crippen molar-refractivity contribution in [3.8, 4) is 72.4 Å². The van der Waals surface area contributed by atoms with Crippen LogP contribution >= 0.6 is 0 Å². The molecule has 306 valence electrons. The lowest BCUT2D eigenvalue weighted by molar-refractivity contribution is 1.14. The molecule has 1 heterocycles. The lowest BCUT2D eigenvalue weighted by Crippen LogP contribution is -2.00. The molecule has 0 bridgehead atoms.